The molecule has 0 saturated carbocycles. The van der Waals surface area contributed by atoms with Crippen molar-refractivity contribution in [3.05, 3.63) is 0 Å². The normalized spacial score (nSPS) is 51.2. The Morgan fingerprint density at radius 2 is 1.53 bits per heavy atom. The third kappa shape index (κ3) is 9.63. The van der Waals surface area contributed by atoms with Gasteiger partial charge in [-0.1, -0.05) is 27.7 Å². The quantitative estimate of drug-likeness (QED) is 0.206. The lowest BCUT2D eigenvalue weighted by Crippen LogP contribution is -2.62. The number of aliphatic hydroxyl groups excluding tert-OH is 3. The Morgan fingerprint density at radius 1 is 0.922 bits per heavy atom. The summed E-state index contributed by atoms with van der Waals surface area (Å²) in [5, 5.41) is 58.0. The summed E-state index contributed by atoms with van der Waals surface area (Å²) >= 11 is 0. The van der Waals surface area contributed by atoms with Gasteiger partial charge in [-0.25, -0.2) is 0 Å². The Labute approximate surface area is 305 Å². The van der Waals surface area contributed by atoms with E-state index in [1.54, 1.807) is 48.5 Å². The van der Waals surface area contributed by atoms with Crippen LogP contribution in [-0.2, 0) is 33.2 Å². The number of aliphatic hydroxyl groups is 5. The highest BCUT2D eigenvalue weighted by Gasteiger charge is 2.53. The molecule has 7 N–H and O–H groups in total. The lowest BCUT2D eigenvalue weighted by atomic mass is 9.72. The van der Waals surface area contributed by atoms with E-state index in [9.17, 15) is 30.3 Å². The van der Waals surface area contributed by atoms with Crippen molar-refractivity contribution in [1.29, 1.82) is 0 Å². The van der Waals surface area contributed by atoms with Gasteiger partial charge >= 0.3 is 5.97 Å². The summed E-state index contributed by atoms with van der Waals surface area (Å²) in [5.74, 6) is -3.57. The van der Waals surface area contributed by atoms with E-state index in [0.29, 0.717) is 6.42 Å². The third-order valence-corrected chi connectivity index (χ3v) is 12.2. The largest absolute Gasteiger partial charge is 0.459 e. The first-order valence-electron chi connectivity index (χ1n) is 18.7. The smallest absolute Gasteiger partial charge is 0.311 e. The number of likely N-dealkylation sites (N-methyl/N-ethyl adjacent to an activating group) is 1. The number of esters is 1. The standard InChI is InChI=1S/C37H70N2O12/c1-14-25-37(10,45)30(41)20(4)27(38)18(2)16-35(8,44)32(51-34-28(40)24(39(11)12)15-19(3)47-34)21(5)29(22(6)33(43)49-25)50-26-17-36(9,46-13)31(42)23(7)48-26/h18-32,34,40-42,44-45H,14-17,38H2,1-13H3/t18-,19-,20+,21+,22-,23+,24+,25+,26+,27+,28-,29+,30-,31+,32-,34+,35+,36-,37-/m1/s1. The number of hydrogen-bond donors (Lipinski definition) is 6. The number of carbonyl (C=O) groups excluding carboxylic acids is 1. The summed E-state index contributed by atoms with van der Waals surface area (Å²) in [5.41, 5.74) is 2.20. The van der Waals surface area contributed by atoms with E-state index in [1.807, 2.05) is 32.8 Å². The summed E-state index contributed by atoms with van der Waals surface area (Å²) in [6.45, 7) is 17.2. The van der Waals surface area contributed by atoms with Crippen LogP contribution in [0.5, 0.6) is 0 Å². The second-order valence-electron chi connectivity index (χ2n) is 16.8. The molecule has 14 nitrogen and oxygen atoms in total. The minimum atomic E-state index is -1.85. The van der Waals surface area contributed by atoms with Crippen LogP contribution < -0.4 is 5.73 Å². The first-order valence-corrected chi connectivity index (χ1v) is 18.7. The van der Waals surface area contributed by atoms with Crippen LogP contribution in [0.25, 0.3) is 0 Å². The fraction of sp³-hybridized carbons (Fsp3) is 0.973. The zero-order chi connectivity index (χ0) is 39.0. The van der Waals surface area contributed by atoms with Crippen LogP contribution in [0.3, 0.4) is 0 Å². The van der Waals surface area contributed by atoms with Crippen molar-refractivity contribution in [2.75, 3.05) is 21.2 Å². The molecule has 3 heterocycles. The molecule has 14 heteroatoms. The number of rotatable bonds is 7. The van der Waals surface area contributed by atoms with Crippen LogP contribution >= 0.6 is 0 Å². The Kier molecular flexibility index (Phi) is 15.0. The third-order valence-electron chi connectivity index (χ3n) is 12.2. The average molecular weight is 735 g/mol. The first-order chi connectivity index (χ1) is 23.4. The molecule has 3 rings (SSSR count). The number of nitrogens with zero attached hydrogens (tertiary/aromatic N) is 1. The highest BCUT2D eigenvalue weighted by atomic mass is 16.7. The van der Waals surface area contributed by atoms with E-state index in [4.69, 9.17) is 34.2 Å². The fourth-order valence-corrected chi connectivity index (χ4v) is 8.63. The highest BCUT2D eigenvalue weighted by Crippen LogP contribution is 2.41. The number of methoxy groups -OCH3 is 1. The van der Waals surface area contributed by atoms with E-state index in [2.05, 4.69) is 0 Å². The number of nitrogens with two attached hydrogens (primary N) is 1. The molecule has 0 aliphatic carbocycles. The summed E-state index contributed by atoms with van der Waals surface area (Å²) in [4.78, 5) is 16.0. The molecule has 0 aromatic carbocycles. The van der Waals surface area contributed by atoms with Crippen LogP contribution in [0, 0.1) is 23.7 Å². The summed E-state index contributed by atoms with van der Waals surface area (Å²) in [6, 6.07) is -0.983. The van der Waals surface area contributed by atoms with Gasteiger partial charge < -0.3 is 64.6 Å². The second-order valence-corrected chi connectivity index (χ2v) is 16.8. The molecule has 3 aliphatic heterocycles. The molecule has 0 aromatic heterocycles. The van der Waals surface area contributed by atoms with Crippen LogP contribution in [0.2, 0.25) is 0 Å². The van der Waals surface area contributed by atoms with E-state index in [1.165, 1.54) is 14.0 Å². The van der Waals surface area contributed by atoms with E-state index in [-0.39, 0.29) is 31.4 Å². The molecule has 0 spiro atoms. The van der Waals surface area contributed by atoms with Gasteiger partial charge in [0.2, 0.25) is 0 Å². The molecular weight excluding hydrogens is 664 g/mol. The van der Waals surface area contributed by atoms with Gasteiger partial charge in [0.25, 0.3) is 0 Å². The maximum Gasteiger partial charge on any atom is 0.311 e. The summed E-state index contributed by atoms with van der Waals surface area (Å²) < 4.78 is 37.3. The van der Waals surface area contributed by atoms with Crippen molar-refractivity contribution in [2.45, 2.75) is 185 Å². The van der Waals surface area contributed by atoms with Crippen LogP contribution in [0.15, 0.2) is 0 Å². The van der Waals surface area contributed by atoms with Gasteiger partial charge in [-0.05, 0) is 80.8 Å². The van der Waals surface area contributed by atoms with E-state index < -0.39 is 108 Å². The lowest BCUT2D eigenvalue weighted by molar-refractivity contribution is -0.318. The van der Waals surface area contributed by atoms with E-state index in [0.717, 1.165) is 0 Å². The Bertz CT molecular complexity index is 1130. The van der Waals surface area contributed by atoms with Crippen molar-refractivity contribution in [3.8, 4) is 0 Å². The van der Waals surface area contributed by atoms with Crippen molar-refractivity contribution in [3.63, 3.8) is 0 Å². The van der Waals surface area contributed by atoms with Gasteiger partial charge in [0.1, 0.15) is 23.9 Å². The Balaban J connectivity index is 2.18. The molecule has 3 fully saturated rings. The summed E-state index contributed by atoms with van der Waals surface area (Å²) in [6.07, 6.45) is -8.68. The predicted molar refractivity (Wildman–Crippen MR) is 189 cm³/mol. The highest BCUT2D eigenvalue weighted by molar-refractivity contribution is 5.73. The topological polar surface area (TPSA) is 203 Å². The zero-order valence-corrected chi connectivity index (χ0v) is 33.2. The molecule has 0 amide bonds. The van der Waals surface area contributed by atoms with Gasteiger partial charge in [0.15, 0.2) is 12.6 Å². The number of hydrogen-bond acceptors (Lipinski definition) is 14. The summed E-state index contributed by atoms with van der Waals surface area (Å²) in [7, 11) is 5.24. The van der Waals surface area contributed by atoms with Gasteiger partial charge in [-0.15, -0.1) is 0 Å². The Morgan fingerprint density at radius 3 is 2.08 bits per heavy atom. The average Bonchev–Trinajstić information content (AvgIpc) is 3.05. The number of carbonyl (C=O) groups is 1. The van der Waals surface area contributed by atoms with Crippen LogP contribution in [0.4, 0.5) is 0 Å². The molecule has 0 bridgehead atoms. The predicted octanol–water partition coefficient (Wildman–Crippen LogP) is 1.54. The molecule has 0 unspecified atom stereocenters. The number of cyclic esters (lactones) is 1. The molecule has 3 aliphatic rings. The van der Waals surface area contributed by atoms with Gasteiger partial charge in [-0.3, -0.25) is 4.79 Å². The molecule has 3 saturated heterocycles. The maximum atomic E-state index is 14.1. The maximum absolute atomic E-state index is 14.1. The zero-order valence-electron chi connectivity index (χ0n) is 33.2. The van der Waals surface area contributed by atoms with Crippen LogP contribution in [0.1, 0.15) is 94.9 Å². The first kappa shape index (κ1) is 44.4. The van der Waals surface area contributed by atoms with Crippen molar-refractivity contribution in [1.82, 2.24) is 4.90 Å². The lowest BCUT2D eigenvalue weighted by Gasteiger charge is -2.49. The molecule has 0 aromatic rings. The van der Waals surface area contributed by atoms with Crippen LogP contribution in [-0.4, -0.2) is 148 Å². The second kappa shape index (κ2) is 17.2. The van der Waals surface area contributed by atoms with Gasteiger partial charge in [0, 0.05) is 37.5 Å². The minimum Gasteiger partial charge on any atom is -0.459 e. The molecule has 300 valence electrons. The fourth-order valence-electron chi connectivity index (χ4n) is 8.63. The van der Waals surface area contributed by atoms with Gasteiger partial charge in [-0.2, -0.15) is 0 Å². The van der Waals surface area contributed by atoms with Crippen molar-refractivity contribution >= 4 is 5.97 Å². The molecular formula is C37H70N2O12. The molecule has 51 heavy (non-hydrogen) atoms. The molecule has 0 radical (unpaired) electrons. The van der Waals surface area contributed by atoms with Crippen molar-refractivity contribution < 1.29 is 58.7 Å². The minimum absolute atomic E-state index is 0.0888. The monoisotopic (exact) mass is 734 g/mol. The Hall–Kier alpha value is -1.01. The molecule has 19 atom stereocenters. The van der Waals surface area contributed by atoms with Crippen molar-refractivity contribution in [2.24, 2.45) is 29.4 Å². The van der Waals surface area contributed by atoms with E-state index >= 15 is 0 Å². The SMILES string of the molecule is CC[C@@H]1OC(=O)[C@H](C)[C@@H](O[C@H]2C[C@@](C)(OC)[C@@H](O)[C@H](C)O2)[C@H](C)[C@@H](O[C@@H]2O[C@H](C)C[C@H](N(C)C)[C@H]2O)[C@@](C)(O)C[C@@H](C)[C@H](N)[C@H](C)[C@@H](O)[C@]1(C)O. The number of ether oxygens (including phenoxy) is 6. The van der Waals surface area contributed by atoms with Gasteiger partial charge in [0.05, 0.1) is 47.6 Å².